The maximum atomic E-state index is 11.0. The van der Waals surface area contributed by atoms with Crippen LogP contribution in [0.5, 0.6) is 0 Å². The van der Waals surface area contributed by atoms with Crippen molar-refractivity contribution >= 4 is 23.0 Å². The van der Waals surface area contributed by atoms with Crippen LogP contribution in [0, 0.1) is 21.9 Å². The quantitative estimate of drug-likeness (QED) is 0.340. The number of amides is 1. The molecule has 0 saturated heterocycles. The summed E-state index contributed by atoms with van der Waals surface area (Å²) >= 11 is 0. The molecule has 0 saturated carbocycles. The first-order valence-electron chi connectivity index (χ1n) is 4.10. The smallest absolute Gasteiger partial charge is 0.275 e. The van der Waals surface area contributed by atoms with Crippen molar-refractivity contribution in [1.82, 2.24) is 0 Å². The average molecular weight is 224 g/mol. The van der Waals surface area contributed by atoms with Gasteiger partial charge in [-0.2, -0.15) is 0 Å². The van der Waals surface area contributed by atoms with Crippen LogP contribution < -0.4 is 11.5 Å². The number of nitrogens with zero attached hydrogens (tertiary/aromatic N) is 2. The summed E-state index contributed by atoms with van der Waals surface area (Å²) in [6.45, 7) is 1.32. The summed E-state index contributed by atoms with van der Waals surface area (Å²) in [6, 6.07) is 0.932. The Morgan fingerprint density at radius 1 is 1.56 bits per heavy atom. The van der Waals surface area contributed by atoms with Crippen molar-refractivity contribution in [3.8, 4) is 0 Å². The lowest BCUT2D eigenvalue weighted by Gasteiger charge is -2.06. The second kappa shape index (κ2) is 3.93. The van der Waals surface area contributed by atoms with Gasteiger partial charge in [0, 0.05) is 6.07 Å². The summed E-state index contributed by atoms with van der Waals surface area (Å²) < 4.78 is 0. The zero-order valence-electron chi connectivity index (χ0n) is 8.26. The second-order valence-corrected chi connectivity index (χ2v) is 3.04. The van der Waals surface area contributed by atoms with Crippen LogP contribution in [0.25, 0.3) is 0 Å². The molecule has 0 atom stereocenters. The van der Waals surface area contributed by atoms with Gasteiger partial charge in [-0.3, -0.25) is 14.9 Å². The van der Waals surface area contributed by atoms with E-state index in [4.69, 9.17) is 11.5 Å². The van der Waals surface area contributed by atoms with E-state index >= 15 is 0 Å². The number of carbonyl (C=O) groups excluding carboxylic acids is 1. The van der Waals surface area contributed by atoms with Crippen LogP contribution in [0.15, 0.2) is 11.2 Å². The molecule has 0 aliphatic carbocycles. The molecule has 8 heteroatoms. The molecule has 1 aromatic carbocycles. The molecule has 8 nitrogen and oxygen atoms in total. The average Bonchev–Trinajstić information content (AvgIpc) is 2.17. The summed E-state index contributed by atoms with van der Waals surface area (Å²) in [6.07, 6.45) is 0. The molecule has 16 heavy (non-hydrogen) atoms. The van der Waals surface area contributed by atoms with Crippen LogP contribution in [0.1, 0.15) is 15.9 Å². The van der Waals surface area contributed by atoms with E-state index in [1.54, 1.807) is 0 Å². The maximum absolute atomic E-state index is 11.0. The first-order chi connectivity index (χ1) is 7.40. The Labute approximate surface area is 89.4 Å². The van der Waals surface area contributed by atoms with Gasteiger partial charge in [0.25, 0.3) is 11.6 Å². The zero-order chi connectivity index (χ0) is 12.5. The third-order valence-electron chi connectivity index (χ3n) is 2.12. The van der Waals surface area contributed by atoms with Crippen LogP contribution >= 0.6 is 0 Å². The number of primary amides is 1. The van der Waals surface area contributed by atoms with Crippen molar-refractivity contribution in [2.45, 2.75) is 6.92 Å². The van der Waals surface area contributed by atoms with Crippen molar-refractivity contribution in [1.29, 1.82) is 0 Å². The molecule has 1 rings (SSSR count). The summed E-state index contributed by atoms with van der Waals surface area (Å²) in [5, 5.41) is 13.2. The highest BCUT2D eigenvalue weighted by Crippen LogP contribution is 2.36. The van der Waals surface area contributed by atoms with Gasteiger partial charge in [0.05, 0.1) is 21.7 Å². The Morgan fingerprint density at radius 2 is 2.12 bits per heavy atom. The minimum absolute atomic E-state index is 0.00231. The number of nitro groups is 1. The molecule has 1 aromatic rings. The summed E-state index contributed by atoms with van der Waals surface area (Å²) in [4.78, 5) is 31.3. The number of rotatable bonds is 3. The first-order valence-corrected chi connectivity index (χ1v) is 4.10. The van der Waals surface area contributed by atoms with E-state index < -0.39 is 16.5 Å². The van der Waals surface area contributed by atoms with E-state index in [9.17, 15) is 19.8 Å². The number of benzene rings is 1. The molecule has 84 valence electrons. The summed E-state index contributed by atoms with van der Waals surface area (Å²) in [5.74, 6) is -0.953. The minimum Gasteiger partial charge on any atom is -0.396 e. The Bertz CT molecular complexity index is 459. The highest BCUT2D eigenvalue weighted by molar-refractivity contribution is 6.02. The third kappa shape index (κ3) is 1.67. The Balaban J connectivity index is 3.69. The van der Waals surface area contributed by atoms with E-state index in [2.05, 4.69) is 5.18 Å². The molecule has 0 heterocycles. The molecule has 1 amide bonds. The van der Waals surface area contributed by atoms with Gasteiger partial charge in [0.1, 0.15) is 5.69 Å². The Morgan fingerprint density at radius 3 is 2.50 bits per heavy atom. The molecule has 0 radical (unpaired) electrons. The molecular formula is C8H8N4O4. The van der Waals surface area contributed by atoms with Crippen molar-refractivity contribution < 1.29 is 9.72 Å². The topological polar surface area (TPSA) is 142 Å². The number of nitroso groups, excluding NO2 is 1. The standard InChI is InChI=1S/C8H8N4O4/c1-3-5(12(15)16)2-4(8(10)13)6(9)7(3)11-14/h2H,9H2,1H3,(H2,10,13). The van der Waals surface area contributed by atoms with Gasteiger partial charge in [0.2, 0.25) is 0 Å². The highest BCUT2D eigenvalue weighted by atomic mass is 16.6. The van der Waals surface area contributed by atoms with Gasteiger partial charge >= 0.3 is 0 Å². The van der Waals surface area contributed by atoms with Crippen LogP contribution in [0.3, 0.4) is 0 Å². The normalized spacial score (nSPS) is 9.81. The van der Waals surface area contributed by atoms with Crippen molar-refractivity contribution in [2.75, 3.05) is 5.73 Å². The first kappa shape index (κ1) is 11.6. The second-order valence-electron chi connectivity index (χ2n) is 3.04. The van der Waals surface area contributed by atoms with E-state index in [1.165, 1.54) is 6.92 Å². The molecule has 0 unspecified atom stereocenters. The maximum Gasteiger partial charge on any atom is 0.275 e. The Hall–Kier alpha value is -2.51. The number of carbonyl (C=O) groups is 1. The van der Waals surface area contributed by atoms with E-state index in [0.29, 0.717) is 0 Å². The van der Waals surface area contributed by atoms with Crippen molar-refractivity contribution in [3.05, 3.63) is 32.2 Å². The summed E-state index contributed by atoms with van der Waals surface area (Å²) in [5.41, 5.74) is 9.14. The monoisotopic (exact) mass is 224 g/mol. The highest BCUT2D eigenvalue weighted by Gasteiger charge is 2.23. The predicted molar refractivity (Wildman–Crippen MR) is 56.2 cm³/mol. The SMILES string of the molecule is Cc1c([N+](=O)[O-])cc(C(N)=O)c(N)c1N=O. The number of nitrogen functional groups attached to an aromatic ring is 1. The largest absolute Gasteiger partial charge is 0.396 e. The molecule has 4 N–H and O–H groups in total. The van der Waals surface area contributed by atoms with Gasteiger partial charge in [-0.25, -0.2) is 0 Å². The van der Waals surface area contributed by atoms with Gasteiger partial charge in [-0.1, -0.05) is 0 Å². The minimum atomic E-state index is -0.953. The fourth-order valence-corrected chi connectivity index (χ4v) is 1.28. The zero-order valence-corrected chi connectivity index (χ0v) is 8.26. The number of nitrogens with two attached hydrogens (primary N) is 2. The number of hydrogen-bond donors (Lipinski definition) is 2. The lowest BCUT2D eigenvalue weighted by atomic mass is 10.0. The van der Waals surface area contributed by atoms with E-state index in [-0.39, 0.29) is 22.5 Å². The number of hydrogen-bond acceptors (Lipinski definition) is 6. The van der Waals surface area contributed by atoms with Gasteiger partial charge in [-0.15, -0.1) is 4.91 Å². The van der Waals surface area contributed by atoms with Crippen LogP contribution in [-0.2, 0) is 0 Å². The molecule has 0 spiro atoms. The molecule has 0 aromatic heterocycles. The Kier molecular flexibility index (Phi) is 2.84. The van der Waals surface area contributed by atoms with Gasteiger partial charge in [0.15, 0.2) is 0 Å². The molecule has 0 aliphatic heterocycles. The predicted octanol–water partition coefficient (Wildman–Crippen LogP) is 0.982. The van der Waals surface area contributed by atoms with Crippen LogP contribution in [0.2, 0.25) is 0 Å². The number of nitro benzene ring substituents is 1. The van der Waals surface area contributed by atoms with Gasteiger partial charge in [-0.05, 0) is 12.1 Å². The lowest BCUT2D eigenvalue weighted by Crippen LogP contribution is -2.14. The molecule has 0 bridgehead atoms. The number of anilines is 1. The van der Waals surface area contributed by atoms with Crippen LogP contribution in [-0.4, -0.2) is 10.8 Å². The van der Waals surface area contributed by atoms with Crippen molar-refractivity contribution in [2.24, 2.45) is 10.9 Å². The van der Waals surface area contributed by atoms with Crippen LogP contribution in [0.4, 0.5) is 17.1 Å². The van der Waals surface area contributed by atoms with Gasteiger partial charge < -0.3 is 11.5 Å². The van der Waals surface area contributed by atoms with Crippen molar-refractivity contribution in [3.63, 3.8) is 0 Å². The molecular weight excluding hydrogens is 216 g/mol. The fraction of sp³-hybridized carbons (Fsp3) is 0.125. The summed E-state index contributed by atoms with van der Waals surface area (Å²) in [7, 11) is 0. The third-order valence-corrected chi connectivity index (χ3v) is 2.12. The van der Waals surface area contributed by atoms with E-state index in [1.807, 2.05) is 0 Å². The van der Waals surface area contributed by atoms with E-state index in [0.717, 1.165) is 6.07 Å². The lowest BCUT2D eigenvalue weighted by molar-refractivity contribution is -0.385. The molecule has 0 fully saturated rings. The molecule has 0 aliphatic rings. The fourth-order valence-electron chi connectivity index (χ4n) is 1.28.